The number of aliphatic hydroxyl groups excluding tert-OH is 1. The third-order valence-corrected chi connectivity index (χ3v) is 7.52. The van der Waals surface area contributed by atoms with Gasteiger partial charge < -0.3 is 25.6 Å². The van der Waals surface area contributed by atoms with E-state index in [-0.39, 0.29) is 18.1 Å². The number of ether oxygens (including phenoxy) is 1. The van der Waals surface area contributed by atoms with Crippen LogP contribution in [0.25, 0.3) is 0 Å². The summed E-state index contributed by atoms with van der Waals surface area (Å²) in [5.74, 6) is -3.38. The molecular weight excluding hydrogens is 460 g/mol. The van der Waals surface area contributed by atoms with Crippen molar-refractivity contribution in [3.8, 4) is 0 Å². The van der Waals surface area contributed by atoms with Gasteiger partial charge in [0.2, 0.25) is 16.9 Å². The number of thioether (sulfide) groups is 1. The monoisotopic (exact) mass is 490 g/mol. The van der Waals surface area contributed by atoms with Crippen LogP contribution in [0.5, 0.6) is 0 Å². The highest BCUT2D eigenvalue weighted by atomic mass is 35.5. The molecule has 1 aliphatic heterocycles. The van der Waals surface area contributed by atoms with Crippen LogP contribution in [0.2, 0.25) is 0 Å². The topological polar surface area (TPSA) is 142 Å². The summed E-state index contributed by atoms with van der Waals surface area (Å²) < 4.78 is 4.68. The number of aliphatic hydroxyl groups is 2. The minimum atomic E-state index is -2.02. The molecule has 1 heterocycles. The summed E-state index contributed by atoms with van der Waals surface area (Å²) in [7, 11) is 1.16. The Hall–Kier alpha value is -1.62. The zero-order valence-electron chi connectivity index (χ0n) is 18.4. The van der Waals surface area contributed by atoms with Crippen molar-refractivity contribution in [1.29, 1.82) is 0 Å². The highest BCUT2D eigenvalue weighted by Gasteiger charge is 2.68. The Bertz CT molecular complexity index is 775. The summed E-state index contributed by atoms with van der Waals surface area (Å²) in [6.07, 6.45) is 4.62. The van der Waals surface area contributed by atoms with Gasteiger partial charge in [-0.05, 0) is 32.6 Å². The molecule has 6 atom stereocenters. The van der Waals surface area contributed by atoms with Crippen LogP contribution in [0, 0.1) is 11.8 Å². The van der Waals surface area contributed by atoms with E-state index in [0.29, 0.717) is 18.2 Å². The van der Waals surface area contributed by atoms with Gasteiger partial charge >= 0.3 is 5.97 Å². The Balaban J connectivity index is 2.40. The molecule has 1 saturated heterocycles. The van der Waals surface area contributed by atoms with Crippen LogP contribution in [0.15, 0.2) is 12.2 Å². The van der Waals surface area contributed by atoms with Crippen molar-refractivity contribution >= 4 is 46.3 Å². The van der Waals surface area contributed by atoms with E-state index in [1.54, 1.807) is 6.08 Å². The van der Waals surface area contributed by atoms with E-state index in [0.717, 1.165) is 20.0 Å². The first kappa shape index (κ1) is 26.6. The number of hydrogen-bond acceptors (Lipinski definition) is 8. The van der Waals surface area contributed by atoms with Gasteiger partial charge in [0.05, 0.1) is 19.1 Å². The molecule has 32 heavy (non-hydrogen) atoms. The summed E-state index contributed by atoms with van der Waals surface area (Å²) in [5.41, 5.74) is -3.96. The number of carbonyl (C=O) groups excluding carboxylic acids is 4. The van der Waals surface area contributed by atoms with Gasteiger partial charge in [-0.1, -0.05) is 23.9 Å². The first-order valence-corrected chi connectivity index (χ1v) is 12.0. The maximum atomic E-state index is 13.6. The molecule has 2 aliphatic rings. The van der Waals surface area contributed by atoms with E-state index in [1.165, 1.54) is 13.8 Å². The molecule has 180 valence electrons. The molecule has 2 amide bonds. The van der Waals surface area contributed by atoms with Gasteiger partial charge in [0, 0.05) is 24.5 Å². The van der Waals surface area contributed by atoms with Crippen LogP contribution >= 0.6 is 23.4 Å². The zero-order chi connectivity index (χ0) is 24.1. The number of rotatable bonds is 9. The van der Waals surface area contributed by atoms with E-state index in [1.807, 2.05) is 6.08 Å². The molecule has 0 aromatic heterocycles. The van der Waals surface area contributed by atoms with Crippen LogP contribution in [0.3, 0.4) is 0 Å². The van der Waals surface area contributed by atoms with Crippen LogP contribution in [-0.2, 0) is 23.9 Å². The SMILES string of the molecule is COC(=O)C(CSC(=O)[C@]1([C@@H](O)[C@@H]2C=CCCC2)NC(=O)[C@H](CCCl)[C@]1(C)O)NC(C)=O. The molecule has 4 N–H and O–H groups in total. The lowest BCUT2D eigenvalue weighted by Crippen LogP contribution is -2.69. The predicted molar refractivity (Wildman–Crippen MR) is 120 cm³/mol. The second-order valence-electron chi connectivity index (χ2n) is 8.32. The van der Waals surface area contributed by atoms with Gasteiger partial charge in [-0.25, -0.2) is 4.79 Å². The Labute approximate surface area is 196 Å². The van der Waals surface area contributed by atoms with Gasteiger partial charge in [0.15, 0.2) is 5.54 Å². The number of alkyl halides is 1. The van der Waals surface area contributed by atoms with E-state index < -0.39 is 58.0 Å². The highest BCUT2D eigenvalue weighted by Crippen LogP contribution is 2.46. The van der Waals surface area contributed by atoms with Gasteiger partial charge in [0.25, 0.3) is 0 Å². The standard InChI is InChI=1S/C21H31ClN2O7S/c1-12(25)23-15(18(28)31-3)11-32-19(29)21(16(26)13-7-5-4-6-8-13)20(2,30)14(9-10-22)17(27)24-21/h5,7,13-16,26,30H,4,6,8-11H2,1-3H3,(H,23,25)(H,24,27)/t13-,14+,15?,16+,20+,21+/m1/s1. The van der Waals surface area contributed by atoms with Gasteiger partial charge in [-0.2, -0.15) is 0 Å². The number of amides is 2. The molecule has 2 rings (SSSR count). The number of methoxy groups -OCH3 is 1. The number of carbonyl (C=O) groups is 4. The van der Waals surface area contributed by atoms with Crippen molar-refractivity contribution in [2.24, 2.45) is 11.8 Å². The van der Waals surface area contributed by atoms with E-state index in [2.05, 4.69) is 15.4 Å². The molecule has 0 radical (unpaired) electrons. The summed E-state index contributed by atoms with van der Waals surface area (Å²) in [6, 6.07) is -1.11. The lowest BCUT2D eigenvalue weighted by atomic mass is 9.69. The average molecular weight is 491 g/mol. The Morgan fingerprint density at radius 2 is 2.12 bits per heavy atom. The second-order valence-corrected chi connectivity index (χ2v) is 9.69. The smallest absolute Gasteiger partial charge is 0.329 e. The summed E-state index contributed by atoms with van der Waals surface area (Å²) in [5, 5.41) is 27.1. The van der Waals surface area contributed by atoms with Crippen LogP contribution in [0.4, 0.5) is 0 Å². The number of nitrogens with one attached hydrogen (secondary N) is 2. The molecule has 0 saturated carbocycles. The maximum absolute atomic E-state index is 13.6. The second kappa shape index (κ2) is 11.0. The Kier molecular flexibility index (Phi) is 9.15. The van der Waals surface area contributed by atoms with Crippen molar-refractivity contribution in [2.45, 2.75) is 62.8 Å². The fourth-order valence-corrected chi connectivity index (χ4v) is 5.82. The number of halogens is 1. The lowest BCUT2D eigenvalue weighted by Gasteiger charge is -2.45. The summed E-state index contributed by atoms with van der Waals surface area (Å²) >= 11 is 6.47. The van der Waals surface area contributed by atoms with Gasteiger partial charge in [0.1, 0.15) is 11.6 Å². The van der Waals surface area contributed by atoms with E-state index >= 15 is 0 Å². The van der Waals surface area contributed by atoms with Crippen LogP contribution in [-0.4, -0.2) is 75.1 Å². The lowest BCUT2D eigenvalue weighted by molar-refractivity contribution is -0.144. The Morgan fingerprint density at radius 3 is 2.66 bits per heavy atom. The van der Waals surface area contributed by atoms with E-state index in [9.17, 15) is 29.4 Å². The van der Waals surface area contributed by atoms with Crippen LogP contribution in [0.1, 0.15) is 39.5 Å². The third-order valence-electron chi connectivity index (χ3n) is 6.22. The molecule has 0 bridgehead atoms. The van der Waals surface area contributed by atoms with Crippen LogP contribution < -0.4 is 10.6 Å². The van der Waals surface area contributed by atoms with Crippen molar-refractivity contribution in [1.82, 2.24) is 10.6 Å². The first-order chi connectivity index (χ1) is 15.0. The highest BCUT2D eigenvalue weighted by molar-refractivity contribution is 8.13. The normalized spacial score (nSPS) is 31.5. The van der Waals surface area contributed by atoms with Gasteiger partial charge in [-0.15, -0.1) is 11.6 Å². The average Bonchev–Trinajstić information content (AvgIpc) is 2.96. The minimum Gasteiger partial charge on any atom is -0.467 e. The molecule has 0 aromatic rings. The van der Waals surface area contributed by atoms with Crippen molar-refractivity contribution in [2.75, 3.05) is 18.7 Å². The molecule has 1 fully saturated rings. The molecule has 11 heteroatoms. The number of hydrogen-bond donors (Lipinski definition) is 4. The minimum absolute atomic E-state index is 0.0814. The molecular formula is C21H31ClN2O7S. The quantitative estimate of drug-likeness (QED) is 0.208. The number of esters is 1. The van der Waals surface area contributed by atoms with Crippen molar-refractivity contribution in [3.05, 3.63) is 12.2 Å². The number of allylic oxidation sites excluding steroid dienone is 1. The molecule has 0 spiro atoms. The first-order valence-electron chi connectivity index (χ1n) is 10.5. The van der Waals surface area contributed by atoms with Crippen molar-refractivity contribution < 1.29 is 34.1 Å². The van der Waals surface area contributed by atoms with Crippen molar-refractivity contribution in [3.63, 3.8) is 0 Å². The van der Waals surface area contributed by atoms with Gasteiger partial charge in [-0.3, -0.25) is 14.4 Å². The summed E-state index contributed by atoms with van der Waals surface area (Å²) in [6.45, 7) is 2.57. The van der Waals surface area contributed by atoms with E-state index in [4.69, 9.17) is 11.6 Å². The predicted octanol–water partition coefficient (Wildman–Crippen LogP) is 0.506. The molecule has 0 aromatic carbocycles. The Morgan fingerprint density at radius 1 is 1.44 bits per heavy atom. The largest absolute Gasteiger partial charge is 0.467 e. The molecule has 9 nitrogen and oxygen atoms in total. The zero-order valence-corrected chi connectivity index (χ0v) is 20.0. The molecule has 1 aliphatic carbocycles. The molecule has 1 unspecified atom stereocenters. The maximum Gasteiger partial charge on any atom is 0.329 e. The fraction of sp³-hybridized carbons (Fsp3) is 0.714. The fourth-order valence-electron chi connectivity index (χ4n) is 4.46. The third kappa shape index (κ3) is 5.13. The summed E-state index contributed by atoms with van der Waals surface area (Å²) in [4.78, 5) is 49.8.